The smallest absolute Gasteiger partial charge is 0.168 e. The highest BCUT2D eigenvalue weighted by atomic mass is 32.2. The van der Waals surface area contributed by atoms with E-state index in [-0.39, 0.29) is 0 Å². The maximum absolute atomic E-state index is 12.0. The molecule has 1 N–H and O–H groups in total. The van der Waals surface area contributed by atoms with Crippen LogP contribution in [0.2, 0.25) is 0 Å². The Balaban J connectivity index is 1.92. The molecule has 8 nitrogen and oxygen atoms in total. The average molecular weight is 530 g/mol. The first kappa shape index (κ1) is 29.2. The number of ether oxygens (including phenoxy) is 2. The van der Waals surface area contributed by atoms with Crippen LogP contribution in [0.15, 0.2) is 34.3 Å². The minimum Gasteiger partial charge on any atom is -0.493 e. The molecule has 204 valence electrons. The van der Waals surface area contributed by atoms with Gasteiger partial charge >= 0.3 is 0 Å². The van der Waals surface area contributed by atoms with Crippen LogP contribution in [0.4, 0.5) is 5.69 Å². The first-order valence-electron chi connectivity index (χ1n) is 13.4. The van der Waals surface area contributed by atoms with Crippen LogP contribution in [0.1, 0.15) is 55.2 Å². The van der Waals surface area contributed by atoms with E-state index < -0.39 is 0 Å². The molecule has 0 saturated carbocycles. The SMILES string of the molecule is CCCOc1ccc(SN2CCN(CCOC)CC2)cc1/C(=N/c1c(CCC)cn(CC)c1C=O)NC. The number of aromatic nitrogens is 1. The second-order valence-electron chi connectivity index (χ2n) is 9.11. The molecule has 1 aliphatic heterocycles. The molecule has 2 heterocycles. The van der Waals surface area contributed by atoms with Crippen molar-refractivity contribution in [3.8, 4) is 5.75 Å². The molecule has 0 amide bonds. The van der Waals surface area contributed by atoms with Crippen LogP contribution >= 0.6 is 11.9 Å². The molecule has 1 fully saturated rings. The Morgan fingerprint density at radius 1 is 1.14 bits per heavy atom. The summed E-state index contributed by atoms with van der Waals surface area (Å²) >= 11 is 1.77. The maximum Gasteiger partial charge on any atom is 0.168 e. The number of aldehydes is 1. The van der Waals surface area contributed by atoms with Crippen molar-refractivity contribution < 1.29 is 14.3 Å². The number of hydrogen-bond donors (Lipinski definition) is 1. The summed E-state index contributed by atoms with van der Waals surface area (Å²) in [5.41, 5.74) is 3.36. The zero-order valence-electron chi connectivity index (χ0n) is 23.1. The fourth-order valence-electron chi connectivity index (χ4n) is 4.45. The lowest BCUT2D eigenvalue weighted by molar-refractivity contribution is 0.111. The Hall–Kier alpha value is -2.33. The fraction of sp³-hybridized carbons (Fsp3) is 0.571. The van der Waals surface area contributed by atoms with Gasteiger partial charge in [-0.25, -0.2) is 9.30 Å². The van der Waals surface area contributed by atoms with Crippen LogP contribution in [0.3, 0.4) is 0 Å². The molecule has 3 rings (SSSR count). The highest BCUT2D eigenvalue weighted by Crippen LogP contribution is 2.32. The molecule has 0 bridgehead atoms. The number of hydrogen-bond acceptors (Lipinski definition) is 7. The topological polar surface area (TPSA) is 71.3 Å². The second-order valence-corrected chi connectivity index (χ2v) is 10.3. The highest BCUT2D eigenvalue weighted by Gasteiger charge is 2.20. The molecule has 1 aromatic carbocycles. The van der Waals surface area contributed by atoms with Crippen LogP contribution in [0, 0.1) is 0 Å². The first-order valence-corrected chi connectivity index (χ1v) is 14.2. The Labute approximate surface area is 226 Å². The van der Waals surface area contributed by atoms with E-state index in [1.807, 2.05) is 24.6 Å². The van der Waals surface area contributed by atoms with Crippen LogP contribution < -0.4 is 10.1 Å². The van der Waals surface area contributed by atoms with Gasteiger partial charge in [-0.1, -0.05) is 20.3 Å². The lowest BCUT2D eigenvalue weighted by atomic mass is 10.1. The molecular formula is C28H43N5O3S. The van der Waals surface area contributed by atoms with Crippen LogP contribution in [0.5, 0.6) is 5.75 Å². The van der Waals surface area contributed by atoms with Gasteiger partial charge in [-0.3, -0.25) is 9.69 Å². The number of benzene rings is 1. The van der Waals surface area contributed by atoms with Crippen LogP contribution in [-0.2, 0) is 17.7 Å². The number of carbonyl (C=O) groups is 1. The van der Waals surface area contributed by atoms with E-state index in [4.69, 9.17) is 14.5 Å². The Morgan fingerprint density at radius 2 is 1.92 bits per heavy atom. The molecule has 2 aromatic rings. The first-order chi connectivity index (χ1) is 18.1. The normalized spacial score (nSPS) is 15.2. The highest BCUT2D eigenvalue weighted by molar-refractivity contribution is 7.97. The Kier molecular flexibility index (Phi) is 12.0. The number of methoxy groups -OCH3 is 1. The number of nitrogens with zero attached hydrogens (tertiary/aromatic N) is 4. The summed E-state index contributed by atoms with van der Waals surface area (Å²) in [6, 6.07) is 6.32. The second kappa shape index (κ2) is 15.2. The van der Waals surface area contributed by atoms with Crippen LogP contribution in [0.25, 0.3) is 0 Å². The van der Waals surface area contributed by atoms with Crippen molar-refractivity contribution in [2.75, 3.05) is 60.1 Å². The third kappa shape index (κ3) is 7.83. The van der Waals surface area contributed by atoms with Gasteiger partial charge in [0.2, 0.25) is 0 Å². The number of piperazine rings is 1. The minimum absolute atomic E-state index is 0.617. The zero-order valence-corrected chi connectivity index (χ0v) is 23.9. The molecule has 0 radical (unpaired) electrons. The van der Waals surface area contributed by atoms with Gasteiger partial charge in [0.05, 0.1) is 24.5 Å². The standard InChI is InChI=1S/C28H43N5O3S/c1-6-9-22-20-32(8-3)25(21-34)27(22)30-28(29-4)24-19-23(10-11-26(24)36-17-7-2)37-33-14-12-31(13-15-33)16-18-35-5/h10-11,19-21H,6-9,12-18H2,1-5H3,(H,29,30). The van der Waals surface area contributed by atoms with E-state index in [0.29, 0.717) is 18.1 Å². The van der Waals surface area contributed by atoms with E-state index >= 15 is 0 Å². The number of amidine groups is 1. The molecule has 0 aliphatic carbocycles. The van der Waals surface area contributed by atoms with Crippen molar-refractivity contribution in [1.82, 2.24) is 19.1 Å². The van der Waals surface area contributed by atoms with Crippen molar-refractivity contribution in [3.63, 3.8) is 0 Å². The lowest BCUT2D eigenvalue weighted by Crippen LogP contribution is -2.44. The molecule has 1 aliphatic rings. The van der Waals surface area contributed by atoms with E-state index in [2.05, 4.69) is 46.7 Å². The monoisotopic (exact) mass is 529 g/mol. The molecule has 0 unspecified atom stereocenters. The largest absolute Gasteiger partial charge is 0.493 e. The van der Waals surface area contributed by atoms with Gasteiger partial charge < -0.3 is 19.4 Å². The summed E-state index contributed by atoms with van der Waals surface area (Å²) in [5.74, 6) is 1.50. The molecule has 9 heteroatoms. The van der Waals surface area contributed by atoms with E-state index in [1.54, 1.807) is 19.1 Å². The number of aryl methyl sites for hydroxylation is 2. The predicted octanol–water partition coefficient (Wildman–Crippen LogP) is 4.63. The van der Waals surface area contributed by atoms with E-state index in [1.165, 1.54) is 0 Å². The molecule has 1 aromatic heterocycles. The van der Waals surface area contributed by atoms with Crippen molar-refractivity contribution in [2.24, 2.45) is 4.99 Å². The summed E-state index contributed by atoms with van der Waals surface area (Å²) in [4.78, 5) is 20.7. The fourth-order valence-corrected chi connectivity index (χ4v) is 5.39. The van der Waals surface area contributed by atoms with Gasteiger partial charge in [-0.05, 0) is 55.5 Å². The van der Waals surface area contributed by atoms with Crippen molar-refractivity contribution >= 4 is 29.8 Å². The van der Waals surface area contributed by atoms with Gasteiger partial charge in [0, 0.05) is 64.5 Å². The molecule has 0 atom stereocenters. The van der Waals surface area contributed by atoms with Crippen molar-refractivity contribution in [3.05, 3.63) is 41.2 Å². The quantitative estimate of drug-likeness (QED) is 0.166. The van der Waals surface area contributed by atoms with Crippen LogP contribution in [-0.4, -0.2) is 86.0 Å². The number of aliphatic imine (C=N–C) groups is 1. The number of nitrogens with one attached hydrogen (secondary N) is 1. The molecule has 37 heavy (non-hydrogen) atoms. The predicted molar refractivity (Wildman–Crippen MR) is 153 cm³/mol. The summed E-state index contributed by atoms with van der Waals surface area (Å²) in [6.07, 6.45) is 5.76. The third-order valence-electron chi connectivity index (χ3n) is 6.45. The Morgan fingerprint density at radius 3 is 2.54 bits per heavy atom. The minimum atomic E-state index is 0.617. The third-order valence-corrected chi connectivity index (χ3v) is 7.53. The van der Waals surface area contributed by atoms with Gasteiger partial charge in [0.1, 0.15) is 17.3 Å². The number of carbonyl (C=O) groups excluding carboxylic acids is 1. The average Bonchev–Trinajstić information content (AvgIpc) is 3.26. The van der Waals surface area contributed by atoms with E-state index in [0.717, 1.165) is 98.9 Å². The van der Waals surface area contributed by atoms with Crippen molar-refractivity contribution in [1.29, 1.82) is 0 Å². The molecule has 1 saturated heterocycles. The summed E-state index contributed by atoms with van der Waals surface area (Å²) in [5, 5.41) is 3.29. The van der Waals surface area contributed by atoms with Gasteiger partial charge in [-0.15, -0.1) is 0 Å². The molecular weight excluding hydrogens is 486 g/mol. The van der Waals surface area contributed by atoms with Gasteiger partial charge in [-0.2, -0.15) is 0 Å². The summed E-state index contributed by atoms with van der Waals surface area (Å²) in [6.45, 7) is 13.5. The maximum atomic E-state index is 12.0. The Bertz CT molecular complexity index is 1030. The zero-order chi connectivity index (χ0) is 26.6. The number of rotatable bonds is 14. The van der Waals surface area contributed by atoms with Crippen molar-refractivity contribution in [2.45, 2.75) is 51.5 Å². The van der Waals surface area contributed by atoms with E-state index in [9.17, 15) is 4.79 Å². The lowest BCUT2D eigenvalue weighted by Gasteiger charge is -2.33. The van der Waals surface area contributed by atoms with Gasteiger partial charge in [0.15, 0.2) is 6.29 Å². The summed E-state index contributed by atoms with van der Waals surface area (Å²) < 4.78 is 15.8. The molecule has 0 spiro atoms. The summed E-state index contributed by atoms with van der Waals surface area (Å²) in [7, 11) is 3.63. The van der Waals surface area contributed by atoms with Gasteiger partial charge in [0.25, 0.3) is 0 Å².